The molecule has 0 saturated heterocycles. The molecule has 6 N–H and O–H groups in total. The molecule has 2 aliphatic heterocycles. The molecule has 2 aliphatic rings. The van der Waals surface area contributed by atoms with Crippen LogP contribution in [0.1, 0.15) is 11.1 Å². The number of fused-ring (bicyclic) bond motifs is 2. The molecule has 2 aromatic carbocycles. The Morgan fingerprint density at radius 1 is 0.722 bits per heavy atom. The largest absolute Gasteiger partial charge is 0.493 e. The number of nitrogens with zero attached hydrogens (tertiary/aromatic N) is 2. The number of halogens is 1. The summed E-state index contributed by atoms with van der Waals surface area (Å²) in [5, 5.41) is 17.1. The van der Waals surface area contributed by atoms with Crippen LogP contribution in [-0.2, 0) is 12.8 Å². The highest BCUT2D eigenvalue weighted by atomic mass is 79.9. The van der Waals surface area contributed by atoms with Crippen molar-refractivity contribution in [2.75, 3.05) is 24.7 Å². The summed E-state index contributed by atoms with van der Waals surface area (Å²) in [5.41, 5.74) is 18.5. The monoisotopic (exact) mass is 548 g/mol. The van der Waals surface area contributed by atoms with Gasteiger partial charge in [0.15, 0.2) is 0 Å². The summed E-state index contributed by atoms with van der Waals surface area (Å²) in [6.07, 6.45) is 8.40. The molecule has 4 heterocycles. The topological polar surface area (TPSA) is 137 Å². The number of nitrogen functional groups attached to an aromatic ring is 2. The van der Waals surface area contributed by atoms with E-state index in [0.717, 1.165) is 75.7 Å². The van der Waals surface area contributed by atoms with E-state index in [2.05, 4.69) is 25.9 Å². The number of hydrogen-bond donors (Lipinski definition) is 4. The lowest BCUT2D eigenvalue weighted by atomic mass is 9.81. The van der Waals surface area contributed by atoms with Crippen molar-refractivity contribution in [1.29, 1.82) is 0 Å². The fraction of sp³-hybridized carbons (Fsp3) is 0.154. The van der Waals surface area contributed by atoms with Gasteiger partial charge in [-0.2, -0.15) is 0 Å². The van der Waals surface area contributed by atoms with Gasteiger partial charge in [0, 0.05) is 64.5 Å². The first kappa shape index (κ1) is 25.5. The standard InChI is InChI=1S/C13H12N2O.C8H8BrNO.C5H6BNO2/c14-13-10(9-3-6-15-7-4-9)1-2-12-11(13)5-8-16-12;9-6-1-2-7-5(8(6)10)3-4-11-7;8-6(9)5-1-3-7-4-2-5/h1-4,6-7H,5,8,14H2;1-2H,3-4,10H2;1-4,8-9H. The number of hydrogen-bond acceptors (Lipinski definition) is 8. The van der Waals surface area contributed by atoms with Crippen LogP contribution in [0, 0.1) is 0 Å². The molecule has 0 atom stereocenters. The zero-order chi connectivity index (χ0) is 25.5. The molecule has 0 spiro atoms. The third-order valence-corrected chi connectivity index (χ3v) is 6.48. The molecule has 184 valence electrons. The smallest absolute Gasteiger partial charge is 0.488 e. The Labute approximate surface area is 218 Å². The van der Waals surface area contributed by atoms with Gasteiger partial charge in [0.25, 0.3) is 0 Å². The Morgan fingerprint density at radius 3 is 1.81 bits per heavy atom. The minimum Gasteiger partial charge on any atom is -0.493 e. The maximum absolute atomic E-state index is 8.55. The van der Waals surface area contributed by atoms with E-state index in [1.807, 2.05) is 36.4 Å². The van der Waals surface area contributed by atoms with Crippen LogP contribution >= 0.6 is 15.9 Å². The van der Waals surface area contributed by atoms with Crippen molar-refractivity contribution in [2.45, 2.75) is 12.8 Å². The number of rotatable bonds is 2. The van der Waals surface area contributed by atoms with Crippen LogP contribution in [0.2, 0.25) is 0 Å². The molecular weight excluding hydrogens is 523 g/mol. The molecule has 2 aromatic heterocycles. The number of ether oxygens (including phenoxy) is 2. The molecule has 10 heteroatoms. The highest BCUT2D eigenvalue weighted by Crippen LogP contribution is 2.37. The first-order valence-corrected chi connectivity index (χ1v) is 12.1. The first-order valence-electron chi connectivity index (χ1n) is 11.4. The molecule has 0 unspecified atom stereocenters. The summed E-state index contributed by atoms with van der Waals surface area (Å²) in [6, 6.07) is 14.9. The molecule has 6 rings (SSSR count). The van der Waals surface area contributed by atoms with Crippen LogP contribution in [0.5, 0.6) is 11.5 Å². The number of pyridine rings is 2. The second-order valence-corrected chi connectivity index (χ2v) is 8.88. The van der Waals surface area contributed by atoms with Gasteiger partial charge in [0.1, 0.15) is 11.5 Å². The summed E-state index contributed by atoms with van der Waals surface area (Å²) in [6.45, 7) is 1.50. The summed E-state index contributed by atoms with van der Waals surface area (Å²) in [4.78, 5) is 7.71. The number of anilines is 2. The number of benzene rings is 2. The predicted molar refractivity (Wildman–Crippen MR) is 145 cm³/mol. The Hall–Kier alpha value is -3.60. The normalized spacial score (nSPS) is 12.5. The van der Waals surface area contributed by atoms with Crippen LogP contribution in [0.4, 0.5) is 11.4 Å². The predicted octanol–water partition coefficient (Wildman–Crippen LogP) is 2.99. The fourth-order valence-corrected chi connectivity index (χ4v) is 4.26. The van der Waals surface area contributed by atoms with Gasteiger partial charge >= 0.3 is 7.12 Å². The summed E-state index contributed by atoms with van der Waals surface area (Å²) in [7, 11) is -1.38. The van der Waals surface area contributed by atoms with E-state index in [1.54, 1.807) is 24.5 Å². The molecule has 0 amide bonds. The zero-order valence-electron chi connectivity index (χ0n) is 19.5. The minimum absolute atomic E-state index is 0.463. The van der Waals surface area contributed by atoms with Gasteiger partial charge in [-0.15, -0.1) is 0 Å². The summed E-state index contributed by atoms with van der Waals surface area (Å²) >= 11 is 3.37. The van der Waals surface area contributed by atoms with Gasteiger partial charge in [-0.3, -0.25) is 9.97 Å². The average molecular weight is 549 g/mol. The van der Waals surface area contributed by atoms with Gasteiger partial charge in [-0.1, -0.05) is 0 Å². The second kappa shape index (κ2) is 11.9. The van der Waals surface area contributed by atoms with E-state index >= 15 is 0 Å². The van der Waals surface area contributed by atoms with Crippen molar-refractivity contribution in [1.82, 2.24) is 9.97 Å². The average Bonchev–Trinajstić information content (AvgIpc) is 3.59. The Bertz CT molecular complexity index is 1310. The van der Waals surface area contributed by atoms with E-state index in [0.29, 0.717) is 5.46 Å². The van der Waals surface area contributed by atoms with E-state index < -0.39 is 7.12 Å². The summed E-state index contributed by atoms with van der Waals surface area (Å²) in [5.74, 6) is 1.86. The van der Waals surface area contributed by atoms with E-state index in [-0.39, 0.29) is 0 Å². The molecule has 0 saturated carbocycles. The third-order valence-electron chi connectivity index (χ3n) is 5.79. The van der Waals surface area contributed by atoms with Crippen molar-refractivity contribution in [3.63, 3.8) is 0 Å². The third kappa shape index (κ3) is 5.96. The van der Waals surface area contributed by atoms with E-state index in [9.17, 15) is 0 Å². The lowest BCUT2D eigenvalue weighted by Crippen LogP contribution is -2.29. The molecule has 8 nitrogen and oxygen atoms in total. The van der Waals surface area contributed by atoms with E-state index in [1.165, 1.54) is 12.4 Å². The second-order valence-electron chi connectivity index (χ2n) is 8.03. The lowest BCUT2D eigenvalue weighted by molar-refractivity contribution is 0.356. The SMILES string of the molecule is Nc1c(-c2ccncc2)ccc2c1CCO2.Nc1c(Br)ccc2c1CCO2.OB(O)c1ccncc1. The Kier molecular flexibility index (Phi) is 8.42. The minimum atomic E-state index is -1.38. The first-order chi connectivity index (χ1) is 17.5. The Morgan fingerprint density at radius 2 is 1.25 bits per heavy atom. The molecule has 36 heavy (non-hydrogen) atoms. The molecule has 4 aromatic rings. The van der Waals surface area contributed by atoms with Crippen LogP contribution in [0.25, 0.3) is 11.1 Å². The Balaban J connectivity index is 0.000000134. The molecule has 0 bridgehead atoms. The van der Waals surface area contributed by atoms with Crippen molar-refractivity contribution in [3.05, 3.63) is 88.9 Å². The van der Waals surface area contributed by atoms with Crippen molar-refractivity contribution in [3.8, 4) is 22.6 Å². The molecule has 0 fully saturated rings. The van der Waals surface area contributed by atoms with Gasteiger partial charge in [0.05, 0.1) is 18.9 Å². The van der Waals surface area contributed by atoms with Gasteiger partial charge in [0.2, 0.25) is 0 Å². The van der Waals surface area contributed by atoms with E-state index in [4.69, 9.17) is 31.0 Å². The number of nitrogens with two attached hydrogens (primary N) is 2. The fourth-order valence-electron chi connectivity index (χ4n) is 3.89. The maximum Gasteiger partial charge on any atom is 0.488 e. The maximum atomic E-state index is 8.55. The van der Waals surface area contributed by atoms with Crippen LogP contribution in [0.3, 0.4) is 0 Å². The molecule has 0 radical (unpaired) electrons. The van der Waals surface area contributed by atoms with Crippen LogP contribution in [0.15, 0.2) is 77.8 Å². The quantitative estimate of drug-likeness (QED) is 0.221. The van der Waals surface area contributed by atoms with Crippen molar-refractivity contribution < 1.29 is 19.5 Å². The lowest BCUT2D eigenvalue weighted by Gasteiger charge is -2.09. The zero-order valence-corrected chi connectivity index (χ0v) is 21.1. The number of aromatic nitrogens is 2. The highest BCUT2D eigenvalue weighted by molar-refractivity contribution is 9.10. The van der Waals surface area contributed by atoms with Gasteiger partial charge in [-0.05, 0) is 75.5 Å². The van der Waals surface area contributed by atoms with Crippen LogP contribution in [-0.4, -0.2) is 40.3 Å². The van der Waals surface area contributed by atoms with Gasteiger partial charge < -0.3 is 31.0 Å². The van der Waals surface area contributed by atoms with Crippen molar-refractivity contribution in [2.24, 2.45) is 0 Å². The molecule has 0 aliphatic carbocycles. The molecular formula is C26H26BBrN4O4. The highest BCUT2D eigenvalue weighted by Gasteiger charge is 2.18. The van der Waals surface area contributed by atoms with Crippen molar-refractivity contribution >= 4 is 39.9 Å². The van der Waals surface area contributed by atoms with Gasteiger partial charge in [-0.25, -0.2) is 0 Å². The summed E-state index contributed by atoms with van der Waals surface area (Å²) < 4.78 is 11.8. The van der Waals surface area contributed by atoms with Crippen LogP contribution < -0.4 is 26.4 Å².